The molecule has 0 amide bonds. The first-order chi connectivity index (χ1) is 9.79. The van der Waals surface area contributed by atoms with Crippen LogP contribution in [0.1, 0.15) is 40.5 Å². The third-order valence-corrected chi connectivity index (χ3v) is 3.30. The van der Waals surface area contributed by atoms with Gasteiger partial charge in [-0.25, -0.2) is 4.98 Å². The molecule has 118 valence electrons. The molecule has 0 bridgehead atoms. The van der Waals surface area contributed by atoms with E-state index in [2.05, 4.69) is 37.6 Å². The average Bonchev–Trinajstić information content (AvgIpc) is 2.37. The van der Waals surface area contributed by atoms with Crippen LogP contribution in [0.5, 0.6) is 0 Å². The van der Waals surface area contributed by atoms with Crippen molar-refractivity contribution in [3.05, 3.63) is 22.2 Å². The van der Waals surface area contributed by atoms with Crippen LogP contribution in [0.25, 0.3) is 0 Å². The lowest BCUT2D eigenvalue weighted by molar-refractivity contribution is -0.384. The minimum atomic E-state index is -0.426. The van der Waals surface area contributed by atoms with E-state index in [1.807, 2.05) is 0 Å². The maximum absolute atomic E-state index is 11.0. The highest BCUT2D eigenvalue weighted by molar-refractivity contribution is 5.54. The molecule has 0 radical (unpaired) electrons. The Morgan fingerprint density at radius 2 is 1.71 bits per heavy atom. The van der Waals surface area contributed by atoms with Crippen LogP contribution >= 0.6 is 0 Å². The normalized spacial score (nSPS) is 11.1. The lowest BCUT2D eigenvalue weighted by atomic mass is 10.1. The Morgan fingerprint density at radius 3 is 2.14 bits per heavy atom. The summed E-state index contributed by atoms with van der Waals surface area (Å²) in [5.74, 6) is 1.94. The van der Waals surface area contributed by atoms with Crippen molar-refractivity contribution in [1.82, 2.24) is 4.98 Å². The molecule has 2 N–H and O–H groups in total. The zero-order chi connectivity index (χ0) is 16.0. The molecule has 0 fully saturated rings. The highest BCUT2D eigenvalue weighted by Crippen LogP contribution is 2.23. The van der Waals surface area contributed by atoms with E-state index in [9.17, 15) is 10.1 Å². The molecule has 0 unspecified atom stereocenters. The number of rotatable bonds is 8. The monoisotopic (exact) mass is 294 g/mol. The molecule has 0 saturated carbocycles. The quantitative estimate of drug-likeness (QED) is 0.586. The van der Waals surface area contributed by atoms with Crippen molar-refractivity contribution in [3.63, 3.8) is 0 Å². The predicted molar refractivity (Wildman–Crippen MR) is 86.4 cm³/mol. The van der Waals surface area contributed by atoms with Crippen LogP contribution in [0.3, 0.4) is 0 Å². The third-order valence-electron chi connectivity index (χ3n) is 3.30. The number of pyridine rings is 1. The minimum absolute atomic E-state index is 0.00315. The Hall–Kier alpha value is -1.85. The molecule has 1 rings (SSSR count). The third kappa shape index (κ3) is 5.97. The van der Waals surface area contributed by atoms with Gasteiger partial charge in [0.15, 0.2) is 0 Å². The molecular formula is C15H26N4O2. The lowest BCUT2D eigenvalue weighted by Gasteiger charge is -2.25. The van der Waals surface area contributed by atoms with Crippen molar-refractivity contribution in [2.75, 3.05) is 23.7 Å². The summed E-state index contributed by atoms with van der Waals surface area (Å²) in [6.45, 7) is 10.3. The maximum Gasteiger partial charge on any atom is 0.276 e. The van der Waals surface area contributed by atoms with E-state index in [0.29, 0.717) is 17.7 Å². The molecule has 6 nitrogen and oxygen atoms in total. The second kappa shape index (κ2) is 7.81. The van der Waals surface area contributed by atoms with Gasteiger partial charge < -0.3 is 10.6 Å². The number of nitro groups is 1. The topological polar surface area (TPSA) is 85.3 Å². The molecule has 0 spiro atoms. The van der Waals surface area contributed by atoms with Gasteiger partial charge in [0.2, 0.25) is 0 Å². The van der Waals surface area contributed by atoms with E-state index in [4.69, 9.17) is 5.73 Å². The minimum Gasteiger partial charge on any atom is -0.383 e. The molecule has 1 aromatic rings. The van der Waals surface area contributed by atoms with Gasteiger partial charge in [-0.3, -0.25) is 10.1 Å². The fourth-order valence-corrected chi connectivity index (χ4v) is 1.96. The van der Waals surface area contributed by atoms with Crippen LogP contribution in [-0.2, 0) is 0 Å². The summed E-state index contributed by atoms with van der Waals surface area (Å²) < 4.78 is 0. The van der Waals surface area contributed by atoms with Gasteiger partial charge in [-0.15, -0.1) is 0 Å². The Morgan fingerprint density at radius 1 is 1.19 bits per heavy atom. The van der Waals surface area contributed by atoms with Gasteiger partial charge in [0.25, 0.3) is 5.69 Å². The van der Waals surface area contributed by atoms with Crippen LogP contribution in [0.2, 0.25) is 0 Å². The molecule has 1 heterocycles. The predicted octanol–water partition coefficient (Wildman–Crippen LogP) is 3.47. The molecule has 6 heteroatoms. The summed E-state index contributed by atoms with van der Waals surface area (Å²) in [7, 11) is 0. The fraction of sp³-hybridized carbons (Fsp3) is 0.667. The first-order valence-corrected chi connectivity index (χ1v) is 7.46. The number of aromatic nitrogens is 1. The summed E-state index contributed by atoms with van der Waals surface area (Å²) in [6, 6.07) is 2.81. The SMILES string of the molecule is CC(C)CCN(CCC(C)C)c1cc([N+](=O)[O-])cc(N)n1. The first-order valence-electron chi connectivity index (χ1n) is 7.46. The number of nitrogens with two attached hydrogens (primary N) is 1. The standard InChI is InChI=1S/C15H26N4O2/c1-11(2)5-7-18(8-6-12(3)4)15-10-13(19(20)21)9-14(16)17-15/h9-12H,5-8H2,1-4H3,(H2,16,17). The van der Waals surface area contributed by atoms with Crippen molar-refractivity contribution in [3.8, 4) is 0 Å². The average molecular weight is 294 g/mol. The summed E-state index contributed by atoms with van der Waals surface area (Å²) in [5, 5.41) is 11.0. The fourth-order valence-electron chi connectivity index (χ4n) is 1.96. The molecule has 0 atom stereocenters. The Labute approximate surface area is 126 Å². The van der Waals surface area contributed by atoms with Gasteiger partial charge in [-0.1, -0.05) is 27.7 Å². The lowest BCUT2D eigenvalue weighted by Crippen LogP contribution is -2.28. The van der Waals surface area contributed by atoms with Crippen LogP contribution in [-0.4, -0.2) is 23.0 Å². The van der Waals surface area contributed by atoms with Crippen LogP contribution < -0.4 is 10.6 Å². The van der Waals surface area contributed by atoms with Gasteiger partial charge in [0.1, 0.15) is 11.6 Å². The molecular weight excluding hydrogens is 268 g/mol. The van der Waals surface area contributed by atoms with E-state index in [1.165, 1.54) is 12.1 Å². The van der Waals surface area contributed by atoms with E-state index < -0.39 is 4.92 Å². The number of nitrogen functional groups attached to an aromatic ring is 1. The van der Waals surface area contributed by atoms with E-state index >= 15 is 0 Å². The molecule has 1 aromatic heterocycles. The molecule has 0 aliphatic carbocycles. The summed E-state index contributed by atoms with van der Waals surface area (Å²) in [5.41, 5.74) is 5.70. The van der Waals surface area contributed by atoms with Crippen molar-refractivity contribution in [1.29, 1.82) is 0 Å². The second-order valence-electron chi connectivity index (χ2n) is 6.22. The maximum atomic E-state index is 11.0. The zero-order valence-electron chi connectivity index (χ0n) is 13.4. The van der Waals surface area contributed by atoms with Crippen molar-refractivity contribution >= 4 is 17.3 Å². The Balaban J connectivity index is 2.97. The highest BCUT2D eigenvalue weighted by Gasteiger charge is 2.15. The van der Waals surface area contributed by atoms with Crippen LogP contribution in [0.15, 0.2) is 12.1 Å². The number of hydrogen-bond donors (Lipinski definition) is 1. The van der Waals surface area contributed by atoms with Crippen molar-refractivity contribution < 1.29 is 4.92 Å². The van der Waals surface area contributed by atoms with Crippen LogP contribution in [0.4, 0.5) is 17.3 Å². The first kappa shape index (κ1) is 17.2. The highest BCUT2D eigenvalue weighted by atomic mass is 16.6. The molecule has 0 aliphatic rings. The smallest absolute Gasteiger partial charge is 0.276 e. The van der Waals surface area contributed by atoms with E-state index in [1.54, 1.807) is 0 Å². The molecule has 0 aliphatic heterocycles. The Bertz CT molecular complexity index is 463. The van der Waals surface area contributed by atoms with Gasteiger partial charge >= 0.3 is 0 Å². The van der Waals surface area contributed by atoms with Crippen molar-refractivity contribution in [2.24, 2.45) is 11.8 Å². The zero-order valence-corrected chi connectivity index (χ0v) is 13.4. The second-order valence-corrected chi connectivity index (χ2v) is 6.22. The number of anilines is 2. The summed E-state index contributed by atoms with van der Waals surface area (Å²) >= 11 is 0. The summed E-state index contributed by atoms with van der Waals surface area (Å²) in [6.07, 6.45) is 2.03. The van der Waals surface area contributed by atoms with Gasteiger partial charge in [-0.2, -0.15) is 0 Å². The van der Waals surface area contributed by atoms with Gasteiger partial charge in [0, 0.05) is 13.1 Å². The van der Waals surface area contributed by atoms with Gasteiger partial charge in [0.05, 0.1) is 17.1 Å². The van der Waals surface area contributed by atoms with Crippen LogP contribution in [0, 0.1) is 22.0 Å². The van der Waals surface area contributed by atoms with E-state index in [-0.39, 0.29) is 11.5 Å². The van der Waals surface area contributed by atoms with Gasteiger partial charge in [-0.05, 0) is 24.7 Å². The largest absolute Gasteiger partial charge is 0.383 e. The Kier molecular flexibility index (Phi) is 6.39. The molecule has 0 aromatic carbocycles. The number of hydrogen-bond acceptors (Lipinski definition) is 5. The summed E-state index contributed by atoms with van der Waals surface area (Å²) in [4.78, 5) is 16.9. The molecule has 0 saturated heterocycles. The van der Waals surface area contributed by atoms with Crippen molar-refractivity contribution in [2.45, 2.75) is 40.5 Å². The van der Waals surface area contributed by atoms with E-state index in [0.717, 1.165) is 25.9 Å². The molecule has 21 heavy (non-hydrogen) atoms. The number of nitrogens with zero attached hydrogens (tertiary/aromatic N) is 3.